The Bertz CT molecular complexity index is 418. The average Bonchev–Trinajstić information content (AvgIpc) is 2.41. The first-order valence-corrected chi connectivity index (χ1v) is 10.2. The van der Waals surface area contributed by atoms with Gasteiger partial charge in [0.1, 0.15) is 0 Å². The van der Waals surface area contributed by atoms with Crippen molar-refractivity contribution in [1.82, 2.24) is 9.21 Å². The van der Waals surface area contributed by atoms with E-state index in [1.54, 1.807) is 4.31 Å². The molecule has 20 heavy (non-hydrogen) atoms. The smallest absolute Gasteiger partial charge is 0.211 e. The van der Waals surface area contributed by atoms with Gasteiger partial charge in [-0.05, 0) is 25.7 Å². The van der Waals surface area contributed by atoms with Crippen LogP contribution in [0.2, 0.25) is 0 Å². The second-order valence-electron chi connectivity index (χ2n) is 6.04. The molecule has 3 unspecified atom stereocenters. The van der Waals surface area contributed by atoms with Crippen molar-refractivity contribution in [3.8, 4) is 0 Å². The Balaban J connectivity index is 1.91. The molecule has 0 aliphatic carbocycles. The molecule has 0 radical (unpaired) electrons. The molecule has 2 aliphatic rings. The molecule has 2 saturated heterocycles. The van der Waals surface area contributed by atoms with E-state index in [9.17, 15) is 8.42 Å². The molecule has 118 valence electrons. The van der Waals surface area contributed by atoms with E-state index in [0.717, 1.165) is 37.9 Å². The van der Waals surface area contributed by atoms with Gasteiger partial charge in [-0.1, -0.05) is 15.9 Å². The number of piperidine rings is 1. The van der Waals surface area contributed by atoms with E-state index in [1.807, 2.05) is 0 Å². The topological polar surface area (TPSA) is 49.9 Å². The third kappa shape index (κ3) is 4.40. The molecular formula is C13H25BrN2O3S. The van der Waals surface area contributed by atoms with Gasteiger partial charge in [-0.25, -0.2) is 12.7 Å². The number of sulfonamides is 1. The van der Waals surface area contributed by atoms with Crippen LogP contribution in [0, 0.1) is 5.92 Å². The van der Waals surface area contributed by atoms with E-state index in [0.29, 0.717) is 25.0 Å². The normalized spacial score (nSPS) is 34.2. The van der Waals surface area contributed by atoms with E-state index in [-0.39, 0.29) is 6.10 Å². The summed E-state index contributed by atoms with van der Waals surface area (Å²) < 4.78 is 30.7. The molecule has 0 aromatic rings. The zero-order valence-corrected chi connectivity index (χ0v) is 14.7. The lowest BCUT2D eigenvalue weighted by atomic mass is 9.98. The van der Waals surface area contributed by atoms with Crippen LogP contribution in [-0.4, -0.2) is 74.1 Å². The highest BCUT2D eigenvalue weighted by atomic mass is 79.9. The van der Waals surface area contributed by atoms with Gasteiger partial charge in [-0.15, -0.1) is 0 Å². The minimum atomic E-state index is -3.05. The molecule has 2 heterocycles. The van der Waals surface area contributed by atoms with Gasteiger partial charge >= 0.3 is 0 Å². The van der Waals surface area contributed by atoms with Crippen LogP contribution < -0.4 is 0 Å². The maximum atomic E-state index is 11.7. The molecule has 2 aliphatic heterocycles. The average molecular weight is 369 g/mol. The van der Waals surface area contributed by atoms with Gasteiger partial charge in [0.15, 0.2) is 0 Å². The summed E-state index contributed by atoms with van der Waals surface area (Å²) in [6, 6.07) is 0.416. The fraction of sp³-hybridized carbons (Fsp3) is 1.00. The van der Waals surface area contributed by atoms with Crippen LogP contribution in [0.5, 0.6) is 0 Å². The Morgan fingerprint density at radius 2 is 2.10 bits per heavy atom. The minimum Gasteiger partial charge on any atom is -0.374 e. The lowest BCUT2D eigenvalue weighted by Crippen LogP contribution is -2.52. The highest BCUT2D eigenvalue weighted by Gasteiger charge is 2.31. The summed E-state index contributed by atoms with van der Waals surface area (Å²) in [5.74, 6) is 0.440. The van der Waals surface area contributed by atoms with Gasteiger partial charge in [-0.2, -0.15) is 0 Å². The largest absolute Gasteiger partial charge is 0.374 e. The Morgan fingerprint density at radius 3 is 2.75 bits per heavy atom. The van der Waals surface area contributed by atoms with Gasteiger partial charge in [-0.3, -0.25) is 4.90 Å². The molecule has 0 amide bonds. The van der Waals surface area contributed by atoms with Crippen molar-refractivity contribution in [2.75, 3.05) is 44.4 Å². The van der Waals surface area contributed by atoms with Crippen LogP contribution in [0.1, 0.15) is 19.8 Å². The fourth-order valence-electron chi connectivity index (χ4n) is 3.03. The number of hydrogen-bond acceptors (Lipinski definition) is 4. The number of rotatable bonds is 4. The first-order chi connectivity index (χ1) is 9.40. The summed E-state index contributed by atoms with van der Waals surface area (Å²) in [4.78, 5) is 2.45. The molecule has 0 aromatic heterocycles. The van der Waals surface area contributed by atoms with Crippen LogP contribution in [0.4, 0.5) is 0 Å². The standard InChI is InChI=1S/C13H25BrN2O3S/c1-11-10-19-13(6-14)9-15(11)7-12-4-3-5-16(8-12)20(2,17)18/h11-13H,3-10H2,1-2H3. The number of morpholine rings is 1. The number of hydrogen-bond donors (Lipinski definition) is 0. The first kappa shape index (κ1) is 16.7. The number of alkyl halides is 1. The predicted octanol–water partition coefficient (Wildman–Crippen LogP) is 1.14. The van der Waals surface area contributed by atoms with Crippen LogP contribution >= 0.6 is 15.9 Å². The van der Waals surface area contributed by atoms with E-state index in [1.165, 1.54) is 6.26 Å². The highest BCUT2D eigenvalue weighted by molar-refractivity contribution is 9.09. The SMILES string of the molecule is CC1COC(CBr)CN1CC1CCCN(S(C)(=O)=O)C1. The fourth-order valence-corrected chi connectivity index (χ4v) is 4.37. The summed E-state index contributed by atoms with van der Waals surface area (Å²) in [5, 5.41) is 0.857. The molecule has 0 bridgehead atoms. The Labute approximate surface area is 130 Å². The second-order valence-corrected chi connectivity index (χ2v) is 8.67. The van der Waals surface area contributed by atoms with E-state index < -0.39 is 10.0 Å². The molecule has 2 fully saturated rings. The van der Waals surface area contributed by atoms with Crippen molar-refractivity contribution in [3.63, 3.8) is 0 Å². The third-order valence-electron chi connectivity index (χ3n) is 4.25. The van der Waals surface area contributed by atoms with Gasteiger partial charge in [0, 0.05) is 37.6 Å². The maximum Gasteiger partial charge on any atom is 0.211 e. The Morgan fingerprint density at radius 1 is 1.35 bits per heavy atom. The molecule has 0 N–H and O–H groups in total. The van der Waals surface area contributed by atoms with Crippen LogP contribution in [0.25, 0.3) is 0 Å². The lowest BCUT2D eigenvalue weighted by Gasteiger charge is -2.41. The molecule has 3 atom stereocenters. The highest BCUT2D eigenvalue weighted by Crippen LogP contribution is 2.22. The predicted molar refractivity (Wildman–Crippen MR) is 83.7 cm³/mol. The van der Waals surface area contributed by atoms with Crippen molar-refractivity contribution in [2.45, 2.75) is 31.9 Å². The van der Waals surface area contributed by atoms with Crippen molar-refractivity contribution in [1.29, 1.82) is 0 Å². The summed E-state index contributed by atoms with van der Waals surface area (Å²) in [6.07, 6.45) is 3.65. The molecular weight excluding hydrogens is 344 g/mol. The number of ether oxygens (including phenoxy) is 1. The van der Waals surface area contributed by atoms with Crippen LogP contribution in [-0.2, 0) is 14.8 Å². The van der Waals surface area contributed by atoms with Gasteiger partial charge in [0.05, 0.1) is 19.0 Å². The lowest BCUT2D eigenvalue weighted by molar-refractivity contribution is -0.0535. The van der Waals surface area contributed by atoms with Crippen molar-refractivity contribution < 1.29 is 13.2 Å². The van der Waals surface area contributed by atoms with Gasteiger partial charge in [0.25, 0.3) is 0 Å². The minimum absolute atomic E-state index is 0.251. The van der Waals surface area contributed by atoms with Crippen molar-refractivity contribution in [2.24, 2.45) is 5.92 Å². The Hall–Kier alpha value is 0.310. The Kier molecular flexibility index (Phi) is 5.88. The van der Waals surface area contributed by atoms with E-state index in [2.05, 4.69) is 27.8 Å². The molecule has 2 rings (SSSR count). The molecule has 5 nitrogen and oxygen atoms in total. The quantitative estimate of drug-likeness (QED) is 0.698. The molecule has 0 spiro atoms. The monoisotopic (exact) mass is 368 g/mol. The van der Waals surface area contributed by atoms with E-state index in [4.69, 9.17) is 4.74 Å². The van der Waals surface area contributed by atoms with E-state index >= 15 is 0 Å². The maximum absolute atomic E-state index is 11.7. The number of halogens is 1. The summed E-state index contributed by atoms with van der Waals surface area (Å²) in [5.41, 5.74) is 0. The summed E-state index contributed by atoms with van der Waals surface area (Å²) >= 11 is 3.48. The zero-order valence-electron chi connectivity index (χ0n) is 12.3. The number of nitrogens with zero attached hydrogens (tertiary/aromatic N) is 2. The molecule has 0 aromatic carbocycles. The zero-order chi connectivity index (χ0) is 14.8. The summed E-state index contributed by atoms with van der Waals surface area (Å²) in [7, 11) is -3.05. The molecule has 0 saturated carbocycles. The second kappa shape index (κ2) is 7.05. The van der Waals surface area contributed by atoms with Crippen LogP contribution in [0.3, 0.4) is 0 Å². The first-order valence-electron chi connectivity index (χ1n) is 7.27. The van der Waals surface area contributed by atoms with Crippen LogP contribution in [0.15, 0.2) is 0 Å². The van der Waals surface area contributed by atoms with Crippen molar-refractivity contribution in [3.05, 3.63) is 0 Å². The summed E-state index contributed by atoms with van der Waals surface area (Å²) in [6.45, 7) is 6.20. The molecule has 7 heteroatoms. The van der Waals surface area contributed by atoms with Gasteiger partial charge < -0.3 is 4.74 Å². The van der Waals surface area contributed by atoms with Crippen molar-refractivity contribution >= 4 is 26.0 Å². The van der Waals surface area contributed by atoms with Gasteiger partial charge in [0.2, 0.25) is 10.0 Å². The third-order valence-corrected chi connectivity index (χ3v) is 6.24.